The first-order valence-electron chi connectivity index (χ1n) is 14.7. The Balaban J connectivity index is 1.14. The molecule has 12 heteroatoms. The topological polar surface area (TPSA) is 167 Å². The average molecular weight is 596 g/mol. The van der Waals surface area contributed by atoms with Crippen molar-refractivity contribution in [3.8, 4) is 34.5 Å². The number of benzene rings is 1. The van der Waals surface area contributed by atoms with Gasteiger partial charge < -0.3 is 16.0 Å². The highest BCUT2D eigenvalue weighted by atomic mass is 16.1. The first-order chi connectivity index (χ1) is 22.0. The number of aromatic amines is 1. The van der Waals surface area contributed by atoms with Crippen molar-refractivity contribution in [1.82, 2.24) is 39.4 Å². The molecule has 1 aliphatic heterocycles. The number of hydrogen-bond donors (Lipinski definition) is 3. The lowest BCUT2D eigenvalue weighted by atomic mass is 10.0. The molecule has 0 atom stereocenters. The van der Waals surface area contributed by atoms with E-state index in [0.29, 0.717) is 51.6 Å². The average Bonchev–Trinajstić information content (AvgIpc) is 3.45. The molecule has 0 amide bonds. The van der Waals surface area contributed by atoms with Gasteiger partial charge in [-0.1, -0.05) is 18.2 Å². The Hall–Kier alpha value is -5.93. The van der Waals surface area contributed by atoms with Crippen molar-refractivity contribution in [2.45, 2.75) is 25.4 Å². The maximum Gasteiger partial charge on any atom is 0.248 e. The van der Waals surface area contributed by atoms with Gasteiger partial charge in [0.15, 0.2) is 11.5 Å². The van der Waals surface area contributed by atoms with E-state index in [0.717, 1.165) is 38.2 Å². The summed E-state index contributed by atoms with van der Waals surface area (Å²) < 4.78 is 1.99. The largest absolute Gasteiger partial charge is 0.383 e. The number of likely N-dealkylation sites (tertiary alicyclic amines) is 1. The molecule has 12 nitrogen and oxygen atoms in total. The van der Waals surface area contributed by atoms with Crippen molar-refractivity contribution < 1.29 is 0 Å². The molecule has 0 bridgehead atoms. The van der Waals surface area contributed by atoms with Gasteiger partial charge in [0.05, 0.1) is 17.0 Å². The van der Waals surface area contributed by atoms with Gasteiger partial charge in [-0.3, -0.25) is 14.3 Å². The number of pyridine rings is 3. The number of nitrogens with two attached hydrogens (primary N) is 1. The van der Waals surface area contributed by atoms with Gasteiger partial charge in [0.25, 0.3) is 0 Å². The quantitative estimate of drug-likeness (QED) is 0.244. The lowest BCUT2D eigenvalue weighted by Crippen LogP contribution is -2.38. The summed E-state index contributed by atoms with van der Waals surface area (Å²) in [6.07, 6.45) is 5.21. The number of piperidine rings is 1. The van der Waals surface area contributed by atoms with E-state index in [2.05, 4.69) is 54.4 Å². The number of fused-ring (bicyclic) bond motifs is 1. The van der Waals surface area contributed by atoms with Crippen LogP contribution in [0, 0.1) is 11.3 Å². The molecule has 0 unspecified atom stereocenters. The van der Waals surface area contributed by atoms with Crippen LogP contribution in [0.3, 0.4) is 0 Å². The number of H-pyrrole nitrogens is 1. The minimum absolute atomic E-state index is 0.171. The number of imidazole rings is 1. The second kappa shape index (κ2) is 12.0. The van der Waals surface area contributed by atoms with Gasteiger partial charge >= 0.3 is 0 Å². The van der Waals surface area contributed by atoms with Crippen molar-refractivity contribution in [3.05, 3.63) is 107 Å². The van der Waals surface area contributed by atoms with E-state index < -0.39 is 0 Å². The standard InChI is InChI=1S/C33H29N11O/c34-19-29-36-16-12-28(42-29)38-22-13-17-43(18-14-22)20-21-6-8-23(9-7-21)44-32(24-3-2-15-37-31(24)35)41-27-11-10-26(40-33(27)44)25-4-1-5-30(45)39-25/h1-12,15-16,22H,13-14,17-18,20H2,(H2,35,37)(H,39,45)(H,36,38,42). The zero-order valence-electron chi connectivity index (χ0n) is 24.3. The predicted molar refractivity (Wildman–Crippen MR) is 171 cm³/mol. The van der Waals surface area contributed by atoms with Crippen molar-refractivity contribution in [1.29, 1.82) is 5.26 Å². The van der Waals surface area contributed by atoms with E-state index in [-0.39, 0.29) is 11.4 Å². The highest BCUT2D eigenvalue weighted by molar-refractivity contribution is 5.84. The molecular weight excluding hydrogens is 566 g/mol. The highest BCUT2D eigenvalue weighted by Gasteiger charge is 2.21. The van der Waals surface area contributed by atoms with E-state index in [1.54, 1.807) is 24.5 Å². The fourth-order valence-corrected chi connectivity index (χ4v) is 5.68. The molecule has 0 radical (unpaired) electrons. The van der Waals surface area contributed by atoms with Crippen LogP contribution in [-0.2, 0) is 6.54 Å². The second-order valence-corrected chi connectivity index (χ2v) is 10.9. The summed E-state index contributed by atoms with van der Waals surface area (Å²) in [5, 5.41) is 12.5. The molecule has 1 fully saturated rings. The molecule has 0 saturated carbocycles. The smallest absolute Gasteiger partial charge is 0.248 e. The fourth-order valence-electron chi connectivity index (χ4n) is 5.68. The third kappa shape index (κ3) is 5.84. The van der Waals surface area contributed by atoms with Crippen LogP contribution in [0.25, 0.3) is 39.6 Å². The molecule has 0 aliphatic carbocycles. The molecule has 4 N–H and O–H groups in total. The highest BCUT2D eigenvalue weighted by Crippen LogP contribution is 2.31. The number of nitriles is 1. The van der Waals surface area contributed by atoms with Gasteiger partial charge in [-0.2, -0.15) is 5.26 Å². The van der Waals surface area contributed by atoms with E-state index in [1.807, 2.05) is 41.0 Å². The maximum atomic E-state index is 12.0. The van der Waals surface area contributed by atoms with Crippen LogP contribution in [0.4, 0.5) is 11.6 Å². The molecule has 45 heavy (non-hydrogen) atoms. The van der Waals surface area contributed by atoms with Crippen LogP contribution in [0.1, 0.15) is 24.2 Å². The van der Waals surface area contributed by atoms with Crippen LogP contribution in [0.5, 0.6) is 0 Å². The van der Waals surface area contributed by atoms with Crippen molar-refractivity contribution in [3.63, 3.8) is 0 Å². The van der Waals surface area contributed by atoms with Crippen molar-refractivity contribution in [2.24, 2.45) is 0 Å². The normalized spacial score (nSPS) is 13.9. The molecule has 6 heterocycles. The lowest BCUT2D eigenvalue weighted by Gasteiger charge is -2.32. The minimum Gasteiger partial charge on any atom is -0.383 e. The van der Waals surface area contributed by atoms with E-state index in [4.69, 9.17) is 21.0 Å². The molecular formula is C33H29N11O. The zero-order chi connectivity index (χ0) is 30.8. The fraction of sp³-hybridized carbons (Fsp3) is 0.182. The Labute approximate surface area is 258 Å². The number of anilines is 2. The van der Waals surface area contributed by atoms with E-state index in [1.165, 1.54) is 11.6 Å². The predicted octanol–water partition coefficient (Wildman–Crippen LogP) is 4.16. The van der Waals surface area contributed by atoms with Crippen LogP contribution in [0.2, 0.25) is 0 Å². The number of rotatable bonds is 7. The molecule has 1 aliphatic rings. The Morgan fingerprint density at radius 3 is 2.56 bits per heavy atom. The first kappa shape index (κ1) is 27.9. The van der Waals surface area contributed by atoms with Gasteiger partial charge in [-0.25, -0.2) is 24.9 Å². The Morgan fingerprint density at radius 1 is 0.933 bits per heavy atom. The van der Waals surface area contributed by atoms with Gasteiger partial charge in [-0.05, 0) is 66.9 Å². The van der Waals surface area contributed by atoms with Gasteiger partial charge in [0.1, 0.15) is 23.2 Å². The summed E-state index contributed by atoms with van der Waals surface area (Å²) in [4.78, 5) is 39.6. The first-order valence-corrected chi connectivity index (χ1v) is 14.7. The zero-order valence-corrected chi connectivity index (χ0v) is 24.3. The number of hydrogen-bond acceptors (Lipinski definition) is 10. The SMILES string of the molecule is N#Cc1nccc(NC2CCN(Cc3ccc(-n4c(-c5cccnc5N)nc5ccc(-c6cccc(=O)[nH]6)nc54)cc3)CC2)n1. The molecule has 1 aromatic carbocycles. The van der Waals surface area contributed by atoms with Crippen molar-refractivity contribution >= 4 is 22.8 Å². The van der Waals surface area contributed by atoms with Crippen LogP contribution in [0.15, 0.2) is 90.0 Å². The number of nitrogens with one attached hydrogen (secondary N) is 2. The van der Waals surface area contributed by atoms with Crippen LogP contribution >= 0.6 is 0 Å². The molecule has 5 aromatic heterocycles. The maximum absolute atomic E-state index is 12.0. The van der Waals surface area contributed by atoms with Crippen molar-refractivity contribution in [2.75, 3.05) is 24.1 Å². The van der Waals surface area contributed by atoms with E-state index in [9.17, 15) is 4.79 Å². The molecule has 0 spiro atoms. The third-order valence-electron chi connectivity index (χ3n) is 7.92. The van der Waals surface area contributed by atoms with Gasteiger partial charge in [0.2, 0.25) is 11.4 Å². The molecule has 6 aromatic rings. The molecule has 222 valence electrons. The summed E-state index contributed by atoms with van der Waals surface area (Å²) in [6.45, 7) is 2.72. The Bertz CT molecular complexity index is 2090. The monoisotopic (exact) mass is 595 g/mol. The number of nitrogen functional groups attached to an aromatic ring is 1. The number of nitrogens with zero attached hydrogens (tertiary/aromatic N) is 8. The third-order valence-corrected chi connectivity index (χ3v) is 7.92. The summed E-state index contributed by atoms with van der Waals surface area (Å²) in [7, 11) is 0. The Morgan fingerprint density at radius 2 is 1.78 bits per heavy atom. The summed E-state index contributed by atoms with van der Waals surface area (Å²) in [6, 6.07) is 25.0. The molecule has 1 saturated heterocycles. The summed E-state index contributed by atoms with van der Waals surface area (Å²) in [5.74, 6) is 1.87. The van der Waals surface area contributed by atoms with Gasteiger partial charge in [0, 0.05) is 49.8 Å². The lowest BCUT2D eigenvalue weighted by molar-refractivity contribution is 0.211. The number of aromatic nitrogens is 7. The Kier molecular flexibility index (Phi) is 7.42. The summed E-state index contributed by atoms with van der Waals surface area (Å²) in [5.41, 5.74) is 11.5. The van der Waals surface area contributed by atoms with Crippen LogP contribution < -0.4 is 16.6 Å². The molecule has 7 rings (SSSR count). The second-order valence-electron chi connectivity index (χ2n) is 10.9. The van der Waals surface area contributed by atoms with Crippen LogP contribution in [-0.4, -0.2) is 58.5 Å². The van der Waals surface area contributed by atoms with E-state index >= 15 is 0 Å². The summed E-state index contributed by atoms with van der Waals surface area (Å²) >= 11 is 0. The minimum atomic E-state index is -0.192. The van der Waals surface area contributed by atoms with Gasteiger partial charge in [-0.15, -0.1) is 0 Å².